The van der Waals surface area contributed by atoms with E-state index >= 15 is 0 Å². The summed E-state index contributed by atoms with van der Waals surface area (Å²) in [6.07, 6.45) is 0.874. The molecular formula is C25H27N5O4S. The predicted octanol–water partition coefficient (Wildman–Crippen LogP) is 2.72. The summed E-state index contributed by atoms with van der Waals surface area (Å²) >= 11 is 0. The van der Waals surface area contributed by atoms with Crippen LogP contribution in [-0.2, 0) is 14.8 Å². The van der Waals surface area contributed by atoms with E-state index in [1.165, 1.54) is 35.5 Å². The van der Waals surface area contributed by atoms with E-state index in [2.05, 4.69) is 0 Å². The van der Waals surface area contributed by atoms with Gasteiger partial charge in [-0.1, -0.05) is 24.3 Å². The first-order valence-corrected chi connectivity index (χ1v) is 13.1. The zero-order chi connectivity index (χ0) is 24.7. The molecule has 0 atom stereocenters. The van der Waals surface area contributed by atoms with E-state index < -0.39 is 10.0 Å². The number of anilines is 2. The molecule has 0 unspecified atom stereocenters. The maximum atomic E-state index is 13.5. The maximum absolute atomic E-state index is 13.5. The Morgan fingerprint density at radius 2 is 1.46 bits per heavy atom. The number of aromatic nitrogens is 2. The molecule has 35 heavy (non-hydrogen) atoms. The van der Waals surface area contributed by atoms with Crippen LogP contribution < -0.4 is 9.80 Å². The van der Waals surface area contributed by atoms with Gasteiger partial charge in [0.2, 0.25) is 15.9 Å². The smallest absolute Gasteiger partial charge is 0.243 e. The number of carbonyl (C=O) groups is 2. The summed E-state index contributed by atoms with van der Waals surface area (Å²) in [5.74, 6) is 0.801. The Kier molecular flexibility index (Phi) is 6.02. The number of rotatable bonds is 4. The molecule has 1 aromatic heterocycles. The third-order valence-electron chi connectivity index (χ3n) is 6.78. The molecule has 1 amide bonds. The van der Waals surface area contributed by atoms with E-state index in [1.54, 1.807) is 4.90 Å². The highest BCUT2D eigenvalue weighted by molar-refractivity contribution is 7.89. The number of ketones is 1. The second-order valence-electron chi connectivity index (χ2n) is 9.03. The molecule has 0 N–H and O–H groups in total. The van der Waals surface area contributed by atoms with E-state index in [0.717, 1.165) is 11.0 Å². The highest BCUT2D eigenvalue weighted by Crippen LogP contribution is 2.33. The fourth-order valence-corrected chi connectivity index (χ4v) is 6.14. The second kappa shape index (κ2) is 9.01. The molecule has 10 heteroatoms. The Labute approximate surface area is 204 Å². The molecule has 0 spiro atoms. The number of benzene rings is 2. The van der Waals surface area contributed by atoms with Gasteiger partial charge in [0.05, 0.1) is 15.9 Å². The van der Waals surface area contributed by atoms with E-state index in [1.807, 2.05) is 36.2 Å². The van der Waals surface area contributed by atoms with Crippen molar-refractivity contribution in [3.63, 3.8) is 0 Å². The Morgan fingerprint density at radius 3 is 2.06 bits per heavy atom. The zero-order valence-corrected chi connectivity index (χ0v) is 20.5. The minimum atomic E-state index is -3.69. The minimum absolute atomic E-state index is 0.0354. The Balaban J connectivity index is 1.32. The van der Waals surface area contributed by atoms with E-state index in [4.69, 9.17) is 9.97 Å². The van der Waals surface area contributed by atoms with Crippen molar-refractivity contribution in [1.82, 2.24) is 14.3 Å². The molecule has 9 nitrogen and oxygen atoms in total. The lowest BCUT2D eigenvalue weighted by Gasteiger charge is -2.37. The van der Waals surface area contributed by atoms with Crippen molar-refractivity contribution in [2.24, 2.45) is 5.92 Å². The summed E-state index contributed by atoms with van der Waals surface area (Å²) in [4.78, 5) is 38.4. The van der Waals surface area contributed by atoms with Crippen molar-refractivity contribution in [3.05, 3.63) is 54.1 Å². The number of piperidine rings is 1. The maximum Gasteiger partial charge on any atom is 0.243 e. The summed E-state index contributed by atoms with van der Waals surface area (Å²) in [6.45, 7) is 3.12. The number of fused-ring (bicyclic) bond motifs is 2. The van der Waals surface area contributed by atoms with Gasteiger partial charge in [-0.15, -0.1) is 0 Å². The summed E-state index contributed by atoms with van der Waals surface area (Å²) in [5, 5.41) is 0. The molecule has 0 saturated carbocycles. The van der Waals surface area contributed by atoms with Gasteiger partial charge in [-0.05, 0) is 44.0 Å². The van der Waals surface area contributed by atoms with Crippen molar-refractivity contribution in [3.8, 4) is 0 Å². The molecule has 1 saturated heterocycles. The number of nitrogens with zero attached hydrogens (tertiary/aromatic N) is 5. The highest BCUT2D eigenvalue weighted by atomic mass is 32.2. The first kappa shape index (κ1) is 23.4. The number of amides is 1. The lowest BCUT2D eigenvalue weighted by molar-refractivity contribution is -0.123. The molecule has 182 valence electrons. The Hall–Kier alpha value is -3.37. The fourth-order valence-electron chi connectivity index (χ4n) is 4.67. The summed E-state index contributed by atoms with van der Waals surface area (Å²) in [6, 6.07) is 13.6. The summed E-state index contributed by atoms with van der Waals surface area (Å²) in [5.41, 5.74) is 1.98. The van der Waals surface area contributed by atoms with Gasteiger partial charge in [0, 0.05) is 44.7 Å². The number of likely N-dealkylation sites (N-methyl/N-ethyl adjacent to an activating group) is 1. The average molecular weight is 494 g/mol. The summed E-state index contributed by atoms with van der Waals surface area (Å²) in [7, 11) is -1.75. The highest BCUT2D eigenvalue weighted by Gasteiger charge is 2.37. The largest absolute Gasteiger partial charge is 0.355 e. The van der Waals surface area contributed by atoms with Crippen LogP contribution in [0.5, 0.6) is 0 Å². The first-order chi connectivity index (χ1) is 16.8. The van der Waals surface area contributed by atoms with Gasteiger partial charge in [0.25, 0.3) is 0 Å². The molecular weight excluding hydrogens is 466 g/mol. The molecule has 0 aliphatic carbocycles. The molecule has 0 radical (unpaired) electrons. The van der Waals surface area contributed by atoms with Crippen molar-refractivity contribution >= 4 is 44.4 Å². The van der Waals surface area contributed by atoms with E-state index in [-0.39, 0.29) is 35.6 Å². The van der Waals surface area contributed by atoms with Crippen LogP contribution in [0.25, 0.3) is 11.0 Å². The van der Waals surface area contributed by atoms with Gasteiger partial charge in [0.1, 0.15) is 0 Å². The number of Topliss-reactive ketones (excluding diaryl/α,β-unsaturated/α-hetero) is 1. The lowest BCUT2D eigenvalue weighted by atomic mass is 9.96. The Morgan fingerprint density at radius 1 is 0.857 bits per heavy atom. The van der Waals surface area contributed by atoms with Gasteiger partial charge >= 0.3 is 0 Å². The van der Waals surface area contributed by atoms with Gasteiger partial charge < -0.3 is 4.90 Å². The third-order valence-corrected chi connectivity index (χ3v) is 8.69. The quantitative estimate of drug-likeness (QED) is 0.515. The number of para-hydroxylation sites is 2. The van der Waals surface area contributed by atoms with Crippen LogP contribution in [0.4, 0.5) is 11.6 Å². The van der Waals surface area contributed by atoms with Gasteiger partial charge in [-0.3, -0.25) is 14.5 Å². The standard InChI is InChI=1S/C25H27N5O4S/c1-17(31)18-7-9-20(10-8-18)35(33,34)29-13-11-19(12-14-29)25(32)30-16-15-28(2)23-24(30)27-22-6-4-3-5-21(22)26-23/h3-10,19H,11-16H2,1-2H3. The summed E-state index contributed by atoms with van der Waals surface area (Å²) < 4.78 is 27.6. The van der Waals surface area contributed by atoms with Crippen molar-refractivity contribution in [2.75, 3.05) is 43.0 Å². The fraction of sp³-hybridized carbons (Fsp3) is 0.360. The lowest BCUT2D eigenvalue weighted by Crippen LogP contribution is -2.49. The molecule has 2 aromatic carbocycles. The number of hydrogen-bond acceptors (Lipinski definition) is 7. The molecule has 5 rings (SSSR count). The van der Waals surface area contributed by atoms with Gasteiger partial charge in [-0.2, -0.15) is 4.31 Å². The molecule has 2 aliphatic heterocycles. The SMILES string of the molecule is CC(=O)c1ccc(S(=O)(=O)N2CCC(C(=O)N3CCN(C)c4nc5ccccc5nc43)CC2)cc1. The van der Waals surface area contributed by atoms with Crippen molar-refractivity contribution in [1.29, 1.82) is 0 Å². The van der Waals surface area contributed by atoms with Crippen LogP contribution >= 0.6 is 0 Å². The molecule has 3 heterocycles. The third kappa shape index (κ3) is 4.28. The van der Waals surface area contributed by atoms with Crippen molar-refractivity contribution < 1.29 is 18.0 Å². The Bertz CT molecular complexity index is 1400. The number of carbonyl (C=O) groups excluding carboxylic acids is 2. The monoisotopic (exact) mass is 493 g/mol. The van der Waals surface area contributed by atoms with Crippen molar-refractivity contribution in [2.45, 2.75) is 24.7 Å². The van der Waals surface area contributed by atoms with Crippen LogP contribution in [-0.4, -0.2) is 67.6 Å². The topological polar surface area (TPSA) is 104 Å². The predicted molar refractivity (Wildman–Crippen MR) is 133 cm³/mol. The number of sulfonamides is 1. The van der Waals surface area contributed by atoms with E-state index in [0.29, 0.717) is 43.1 Å². The van der Waals surface area contributed by atoms with Crippen LogP contribution in [0.15, 0.2) is 53.4 Å². The average Bonchev–Trinajstić information content (AvgIpc) is 2.88. The van der Waals surface area contributed by atoms with Crippen LogP contribution in [0.1, 0.15) is 30.1 Å². The van der Waals surface area contributed by atoms with Gasteiger partial charge in [0.15, 0.2) is 17.4 Å². The molecule has 2 aliphatic rings. The normalized spacial score (nSPS) is 17.4. The second-order valence-corrected chi connectivity index (χ2v) is 11.0. The van der Waals surface area contributed by atoms with Crippen LogP contribution in [0.3, 0.4) is 0 Å². The number of hydrogen-bond donors (Lipinski definition) is 0. The van der Waals surface area contributed by atoms with Crippen LogP contribution in [0.2, 0.25) is 0 Å². The van der Waals surface area contributed by atoms with Gasteiger partial charge in [-0.25, -0.2) is 18.4 Å². The zero-order valence-electron chi connectivity index (χ0n) is 19.7. The molecule has 1 fully saturated rings. The first-order valence-electron chi connectivity index (χ1n) is 11.7. The van der Waals surface area contributed by atoms with Crippen LogP contribution in [0, 0.1) is 5.92 Å². The molecule has 3 aromatic rings. The molecule has 0 bridgehead atoms. The minimum Gasteiger partial charge on any atom is -0.355 e. The van der Waals surface area contributed by atoms with E-state index in [9.17, 15) is 18.0 Å².